The van der Waals surface area contributed by atoms with E-state index in [9.17, 15) is 14.4 Å². The number of imidazole rings is 1. The van der Waals surface area contributed by atoms with Crippen LogP contribution in [0, 0.1) is 0 Å². The number of nitrogens with two attached hydrogens (primary N) is 1. The van der Waals surface area contributed by atoms with Gasteiger partial charge < -0.3 is 20.9 Å². The highest BCUT2D eigenvalue weighted by Gasteiger charge is 2.37. The second kappa shape index (κ2) is 9.26. The maximum Gasteiger partial charge on any atom is 0.272 e. The third kappa shape index (κ3) is 4.95. The minimum absolute atomic E-state index is 0.106. The number of hydrogen-bond donors (Lipinski definition) is 3. The molecule has 2 aromatic rings. The van der Waals surface area contributed by atoms with E-state index in [-0.39, 0.29) is 18.0 Å². The molecule has 2 atom stereocenters. The van der Waals surface area contributed by atoms with E-state index in [0.29, 0.717) is 19.4 Å². The number of aryl methyl sites for hydroxylation is 1. The van der Waals surface area contributed by atoms with Crippen LogP contribution in [0.4, 0.5) is 0 Å². The highest BCUT2D eigenvalue weighted by molar-refractivity contribution is 5.97. The fourth-order valence-electron chi connectivity index (χ4n) is 3.47. The number of primary amides is 1. The van der Waals surface area contributed by atoms with Gasteiger partial charge in [-0.3, -0.25) is 19.4 Å². The molecule has 1 saturated heterocycles. The first kappa shape index (κ1) is 20.4. The van der Waals surface area contributed by atoms with Crippen LogP contribution in [0.1, 0.15) is 48.2 Å². The van der Waals surface area contributed by atoms with Crippen LogP contribution in [0.15, 0.2) is 24.8 Å². The van der Waals surface area contributed by atoms with Gasteiger partial charge in [-0.25, -0.2) is 9.97 Å². The van der Waals surface area contributed by atoms with Crippen molar-refractivity contribution < 1.29 is 14.4 Å². The Bertz CT molecular complexity index is 868. The molecule has 2 aromatic heterocycles. The number of nitrogens with one attached hydrogen (secondary N) is 2. The molecule has 4 N–H and O–H groups in total. The lowest BCUT2D eigenvalue weighted by molar-refractivity contribution is -0.138. The smallest absolute Gasteiger partial charge is 0.272 e. The van der Waals surface area contributed by atoms with Crippen LogP contribution in [0.2, 0.25) is 0 Å². The monoisotopic (exact) mass is 399 g/mol. The standard InChI is InChI=1S/C19H25N7O3/c1-2-4-16-23-10-12(24-16)9-13(25-18(28)14-11-21-6-7-22-14)19(29)26-8-3-5-15(26)17(20)27/h6-7,10-11,13,15H,2-5,8-9H2,1H3,(H2,20,27)(H,23,24)(H,25,28)/t13-,15-/m0/s1. The van der Waals surface area contributed by atoms with E-state index in [1.165, 1.54) is 23.5 Å². The van der Waals surface area contributed by atoms with Gasteiger partial charge in [0, 0.05) is 43.7 Å². The van der Waals surface area contributed by atoms with Gasteiger partial charge in [-0.05, 0) is 19.3 Å². The summed E-state index contributed by atoms with van der Waals surface area (Å²) in [6.45, 7) is 2.47. The lowest BCUT2D eigenvalue weighted by Crippen LogP contribution is -2.53. The van der Waals surface area contributed by atoms with Crippen molar-refractivity contribution >= 4 is 17.7 Å². The van der Waals surface area contributed by atoms with Crippen molar-refractivity contribution in [2.45, 2.75) is 51.1 Å². The van der Waals surface area contributed by atoms with Gasteiger partial charge in [0.15, 0.2) is 0 Å². The molecule has 154 valence electrons. The SMILES string of the molecule is CCCc1ncc(C[C@H](NC(=O)c2cnccn2)C(=O)N2CCC[C@H]2C(N)=O)[nH]1. The Hall–Kier alpha value is -3.30. The molecule has 1 aliphatic rings. The van der Waals surface area contributed by atoms with E-state index < -0.39 is 23.9 Å². The van der Waals surface area contributed by atoms with Crippen molar-refractivity contribution in [2.75, 3.05) is 6.54 Å². The van der Waals surface area contributed by atoms with Crippen LogP contribution in [0.3, 0.4) is 0 Å². The van der Waals surface area contributed by atoms with E-state index >= 15 is 0 Å². The summed E-state index contributed by atoms with van der Waals surface area (Å²) in [6.07, 6.45) is 9.01. The average molecular weight is 399 g/mol. The number of hydrogen-bond acceptors (Lipinski definition) is 6. The Balaban J connectivity index is 1.80. The van der Waals surface area contributed by atoms with E-state index in [2.05, 4.69) is 25.3 Å². The van der Waals surface area contributed by atoms with Crippen molar-refractivity contribution in [2.24, 2.45) is 5.73 Å². The molecule has 1 aliphatic heterocycles. The Morgan fingerprint density at radius 2 is 2.14 bits per heavy atom. The third-order valence-electron chi connectivity index (χ3n) is 4.86. The van der Waals surface area contributed by atoms with E-state index in [1.54, 1.807) is 6.20 Å². The van der Waals surface area contributed by atoms with Crippen molar-refractivity contribution in [3.63, 3.8) is 0 Å². The number of carbonyl (C=O) groups excluding carboxylic acids is 3. The Morgan fingerprint density at radius 1 is 1.31 bits per heavy atom. The van der Waals surface area contributed by atoms with Crippen LogP contribution < -0.4 is 11.1 Å². The molecule has 0 bridgehead atoms. The molecule has 29 heavy (non-hydrogen) atoms. The first-order valence-corrected chi connectivity index (χ1v) is 9.69. The Morgan fingerprint density at radius 3 is 2.83 bits per heavy atom. The molecule has 3 rings (SSSR count). The first-order chi connectivity index (χ1) is 14.0. The summed E-state index contributed by atoms with van der Waals surface area (Å²) in [4.78, 5) is 54.3. The highest BCUT2D eigenvalue weighted by Crippen LogP contribution is 2.19. The summed E-state index contributed by atoms with van der Waals surface area (Å²) in [5.74, 6) is -0.582. The number of carbonyl (C=O) groups is 3. The topological polar surface area (TPSA) is 147 Å². The maximum absolute atomic E-state index is 13.2. The third-order valence-corrected chi connectivity index (χ3v) is 4.86. The van der Waals surface area contributed by atoms with Gasteiger partial charge >= 0.3 is 0 Å². The predicted molar refractivity (Wildman–Crippen MR) is 104 cm³/mol. The van der Waals surface area contributed by atoms with Crippen LogP contribution in [0.5, 0.6) is 0 Å². The number of aromatic nitrogens is 4. The normalized spacial score (nSPS) is 17.1. The van der Waals surface area contributed by atoms with Gasteiger partial charge in [0.25, 0.3) is 5.91 Å². The van der Waals surface area contributed by atoms with Crippen LogP contribution in [-0.2, 0) is 22.4 Å². The molecule has 3 amide bonds. The summed E-state index contributed by atoms with van der Waals surface area (Å²) in [5.41, 5.74) is 6.28. The van der Waals surface area contributed by atoms with Gasteiger partial charge in [0.1, 0.15) is 23.6 Å². The summed E-state index contributed by atoms with van der Waals surface area (Å²) in [7, 11) is 0. The van der Waals surface area contributed by atoms with Gasteiger partial charge in [0.05, 0.1) is 6.20 Å². The Kier molecular flexibility index (Phi) is 6.53. The van der Waals surface area contributed by atoms with Crippen molar-refractivity contribution in [1.82, 2.24) is 30.2 Å². The van der Waals surface area contributed by atoms with Crippen molar-refractivity contribution in [3.05, 3.63) is 42.0 Å². The number of nitrogens with zero attached hydrogens (tertiary/aromatic N) is 4. The first-order valence-electron chi connectivity index (χ1n) is 9.69. The van der Waals surface area contributed by atoms with Crippen LogP contribution >= 0.6 is 0 Å². The van der Waals surface area contributed by atoms with Crippen molar-refractivity contribution in [3.8, 4) is 0 Å². The fraction of sp³-hybridized carbons (Fsp3) is 0.474. The zero-order valence-electron chi connectivity index (χ0n) is 16.3. The van der Waals surface area contributed by atoms with Crippen LogP contribution in [0.25, 0.3) is 0 Å². The van der Waals surface area contributed by atoms with Crippen LogP contribution in [-0.4, -0.2) is 61.2 Å². The minimum Gasteiger partial charge on any atom is -0.368 e. The second-order valence-electron chi connectivity index (χ2n) is 7.02. The molecular weight excluding hydrogens is 374 g/mol. The largest absolute Gasteiger partial charge is 0.368 e. The molecule has 0 radical (unpaired) electrons. The number of amides is 3. The summed E-state index contributed by atoms with van der Waals surface area (Å²) >= 11 is 0. The van der Waals surface area contributed by atoms with Crippen molar-refractivity contribution in [1.29, 1.82) is 0 Å². The lowest BCUT2D eigenvalue weighted by Gasteiger charge is -2.27. The summed E-state index contributed by atoms with van der Waals surface area (Å²) in [5, 5.41) is 2.73. The van der Waals surface area contributed by atoms with E-state index in [4.69, 9.17) is 5.73 Å². The molecule has 10 nitrogen and oxygen atoms in total. The maximum atomic E-state index is 13.2. The number of rotatable bonds is 8. The Labute approximate surface area is 168 Å². The molecule has 10 heteroatoms. The molecule has 0 spiro atoms. The quantitative estimate of drug-likeness (QED) is 0.568. The minimum atomic E-state index is -0.889. The molecular formula is C19H25N7O3. The van der Waals surface area contributed by atoms with Gasteiger partial charge in [-0.1, -0.05) is 6.92 Å². The van der Waals surface area contributed by atoms with E-state index in [1.807, 2.05) is 6.92 Å². The second-order valence-corrected chi connectivity index (χ2v) is 7.02. The van der Waals surface area contributed by atoms with Gasteiger partial charge in [-0.2, -0.15) is 0 Å². The molecule has 0 aromatic carbocycles. The molecule has 0 unspecified atom stereocenters. The highest BCUT2D eigenvalue weighted by atomic mass is 16.2. The fourth-order valence-corrected chi connectivity index (χ4v) is 3.47. The summed E-state index contributed by atoms with van der Waals surface area (Å²) in [6, 6.07) is -1.55. The van der Waals surface area contributed by atoms with Gasteiger partial charge in [-0.15, -0.1) is 0 Å². The van der Waals surface area contributed by atoms with Gasteiger partial charge in [0.2, 0.25) is 11.8 Å². The molecule has 0 saturated carbocycles. The number of likely N-dealkylation sites (tertiary alicyclic amines) is 1. The predicted octanol–water partition coefficient (Wildman–Crippen LogP) is -0.0304. The zero-order valence-corrected chi connectivity index (χ0v) is 16.3. The molecule has 3 heterocycles. The zero-order chi connectivity index (χ0) is 20.8. The summed E-state index contributed by atoms with van der Waals surface area (Å²) < 4.78 is 0. The number of aromatic amines is 1. The number of H-pyrrole nitrogens is 1. The average Bonchev–Trinajstić information content (AvgIpc) is 3.37. The molecule has 1 fully saturated rings. The molecule has 0 aliphatic carbocycles. The van der Waals surface area contributed by atoms with E-state index in [0.717, 1.165) is 24.4 Å². The lowest BCUT2D eigenvalue weighted by atomic mass is 10.1.